The summed E-state index contributed by atoms with van der Waals surface area (Å²) in [5, 5.41) is 12.4. The molecular formula is C41H26N8O3. The molecule has 11 nitrogen and oxygen atoms in total. The maximum Gasteiger partial charge on any atom is 0.303 e. The maximum absolute atomic E-state index is 11.1. The van der Waals surface area contributed by atoms with Crippen molar-refractivity contribution in [2.75, 3.05) is 0 Å². The van der Waals surface area contributed by atoms with Crippen molar-refractivity contribution in [3.8, 4) is 57.1 Å². The van der Waals surface area contributed by atoms with Gasteiger partial charge >= 0.3 is 5.97 Å². The first-order valence-electron chi connectivity index (χ1n) is 16.8. The van der Waals surface area contributed by atoms with Crippen LogP contribution in [0.25, 0.3) is 89.7 Å². The van der Waals surface area contributed by atoms with Crippen molar-refractivity contribution >= 4 is 50.1 Å². The highest BCUT2D eigenvalue weighted by Crippen LogP contribution is 2.39. The van der Waals surface area contributed by atoms with Crippen molar-refractivity contribution in [3.63, 3.8) is 0 Å². The van der Waals surface area contributed by atoms with E-state index in [-0.39, 0.29) is 6.42 Å². The van der Waals surface area contributed by atoms with Crippen LogP contribution in [0.1, 0.15) is 12.0 Å². The molecule has 52 heavy (non-hydrogen) atoms. The molecule has 8 aromatic rings. The van der Waals surface area contributed by atoms with Crippen LogP contribution in [-0.4, -0.2) is 50.9 Å². The van der Waals surface area contributed by atoms with Gasteiger partial charge in [-0.3, -0.25) is 4.79 Å². The number of hydrogen-bond donors (Lipinski definition) is 3. The van der Waals surface area contributed by atoms with Gasteiger partial charge < -0.3 is 19.8 Å². The molecular weight excluding hydrogens is 653 g/mol. The Morgan fingerprint density at radius 1 is 0.519 bits per heavy atom. The number of benzene rings is 5. The number of carboxylic acid groups (broad SMARTS) is 1. The van der Waals surface area contributed by atoms with Gasteiger partial charge in [-0.2, -0.15) is 0 Å². The van der Waals surface area contributed by atoms with Crippen LogP contribution < -0.4 is 4.74 Å². The van der Waals surface area contributed by atoms with Crippen molar-refractivity contribution in [2.24, 2.45) is 0 Å². The predicted octanol–water partition coefficient (Wildman–Crippen LogP) is 8.68. The topological polar surface area (TPSA) is 155 Å². The number of aromatic amines is 2. The molecule has 0 spiro atoms. The molecule has 5 heterocycles. The fourth-order valence-corrected chi connectivity index (χ4v) is 6.85. The quantitative estimate of drug-likeness (QED) is 0.162. The Balaban J connectivity index is 1.27. The number of aromatic nitrogens is 8. The third-order valence-electron chi connectivity index (χ3n) is 9.32. The van der Waals surface area contributed by atoms with E-state index < -0.39 is 5.97 Å². The number of hydrogen-bond acceptors (Lipinski definition) is 8. The Labute approximate surface area is 294 Å². The number of H-pyrrole nitrogens is 2. The van der Waals surface area contributed by atoms with E-state index in [0.717, 1.165) is 44.0 Å². The zero-order chi connectivity index (χ0) is 34.8. The van der Waals surface area contributed by atoms with Gasteiger partial charge in [0.05, 0.1) is 5.39 Å². The summed E-state index contributed by atoms with van der Waals surface area (Å²) in [4.78, 5) is 48.3. The molecule has 2 aliphatic heterocycles. The molecule has 0 atom stereocenters. The van der Waals surface area contributed by atoms with Gasteiger partial charge in [-0.1, -0.05) is 97.1 Å². The smallest absolute Gasteiger partial charge is 0.303 e. The lowest BCUT2D eigenvalue weighted by Gasteiger charge is -2.08. The molecule has 2 aliphatic rings. The van der Waals surface area contributed by atoms with Crippen LogP contribution in [0.2, 0.25) is 0 Å². The van der Waals surface area contributed by atoms with Crippen molar-refractivity contribution in [1.82, 2.24) is 39.9 Å². The SMILES string of the molecule is O=C(O)CCc1ccc(Oc2cccc3c4nc5nc(nc6[nH]c(nc7nc(nc([nH]4)c23)-c2ccccc2-7)c2ccccc62)-c2ccccc2-5)cc1. The number of carboxylic acids is 1. The minimum atomic E-state index is -0.833. The number of nitrogens with one attached hydrogen (secondary N) is 2. The number of aryl methyl sites for hydroxylation is 1. The largest absolute Gasteiger partial charge is 0.481 e. The monoisotopic (exact) mass is 678 g/mol. The second kappa shape index (κ2) is 11.7. The highest BCUT2D eigenvalue weighted by molar-refractivity contribution is 6.09. The van der Waals surface area contributed by atoms with Crippen LogP contribution in [0.3, 0.4) is 0 Å². The summed E-state index contributed by atoms with van der Waals surface area (Å²) in [6.07, 6.45) is 0.498. The Bertz CT molecular complexity index is 2930. The lowest BCUT2D eigenvalue weighted by Crippen LogP contribution is -1.97. The summed E-state index contributed by atoms with van der Waals surface area (Å²) in [5.74, 6) is 2.40. The molecule has 5 aromatic carbocycles. The third kappa shape index (κ3) is 4.94. The average molecular weight is 679 g/mol. The zero-order valence-electron chi connectivity index (χ0n) is 27.3. The van der Waals surface area contributed by atoms with Crippen LogP contribution in [-0.2, 0) is 11.2 Å². The van der Waals surface area contributed by atoms with Crippen LogP contribution in [0, 0.1) is 0 Å². The first kappa shape index (κ1) is 29.6. The molecule has 10 rings (SSSR count). The number of fused-ring (bicyclic) bond motifs is 20. The standard InChI is InChI=1S/C41H26N8O3/c50-32(51)21-18-22-16-19-23(20-17-22)52-31-15-7-14-30-33(31)41-48-39-29-13-6-5-12-28(29)37(46-39)44-35-25-9-2-1-8-24(25)34(42-35)43-36-26-10-3-4-11-27(26)38(45-36)47-40(30)49-41/h1-17,19-20H,18,21H2,(H,50,51)(H2,42,43,44,45,46,47,48,49). The van der Waals surface area contributed by atoms with E-state index in [2.05, 4.69) is 9.97 Å². The number of aliphatic carboxylic acids is 1. The zero-order valence-corrected chi connectivity index (χ0v) is 27.3. The lowest BCUT2D eigenvalue weighted by molar-refractivity contribution is -0.136. The molecule has 0 saturated heterocycles. The normalized spacial score (nSPS) is 11.8. The number of nitrogens with zero attached hydrogens (tertiary/aromatic N) is 6. The lowest BCUT2D eigenvalue weighted by atomic mass is 10.1. The van der Waals surface area contributed by atoms with Gasteiger partial charge in [-0.25, -0.2) is 29.9 Å². The molecule has 11 heteroatoms. The van der Waals surface area contributed by atoms with Gasteiger partial charge in [0.15, 0.2) is 23.3 Å². The molecule has 3 aromatic heterocycles. The highest BCUT2D eigenvalue weighted by Gasteiger charge is 2.22. The number of rotatable bonds is 5. The van der Waals surface area contributed by atoms with E-state index in [1.807, 2.05) is 115 Å². The highest BCUT2D eigenvalue weighted by atomic mass is 16.5. The van der Waals surface area contributed by atoms with Crippen LogP contribution in [0.15, 0.2) is 115 Å². The minimum absolute atomic E-state index is 0.0606. The summed E-state index contributed by atoms with van der Waals surface area (Å²) in [7, 11) is 0. The Morgan fingerprint density at radius 2 is 0.981 bits per heavy atom. The summed E-state index contributed by atoms with van der Waals surface area (Å²) in [6.45, 7) is 0. The molecule has 0 saturated carbocycles. The minimum Gasteiger partial charge on any atom is -0.481 e. The second-order valence-corrected chi connectivity index (χ2v) is 12.6. The molecule has 0 radical (unpaired) electrons. The van der Waals surface area contributed by atoms with Crippen LogP contribution in [0.5, 0.6) is 11.5 Å². The molecule has 8 bridgehead atoms. The summed E-state index contributed by atoms with van der Waals surface area (Å²) >= 11 is 0. The summed E-state index contributed by atoms with van der Waals surface area (Å²) in [6, 6.07) is 37.0. The van der Waals surface area contributed by atoms with E-state index in [1.165, 1.54) is 0 Å². The average Bonchev–Trinajstić information content (AvgIpc) is 3.91. The van der Waals surface area contributed by atoms with Gasteiger partial charge in [0.25, 0.3) is 0 Å². The van der Waals surface area contributed by atoms with Gasteiger partial charge in [-0.05, 0) is 30.2 Å². The number of carbonyl (C=O) groups is 1. The van der Waals surface area contributed by atoms with Crippen molar-refractivity contribution < 1.29 is 14.6 Å². The molecule has 0 unspecified atom stereocenters. The first-order valence-corrected chi connectivity index (χ1v) is 16.8. The van der Waals surface area contributed by atoms with Gasteiger partial charge in [0.2, 0.25) is 0 Å². The van der Waals surface area contributed by atoms with E-state index in [1.54, 1.807) is 0 Å². The molecule has 248 valence electrons. The van der Waals surface area contributed by atoms with Crippen molar-refractivity contribution in [3.05, 3.63) is 121 Å². The van der Waals surface area contributed by atoms with Crippen LogP contribution in [0.4, 0.5) is 0 Å². The molecule has 0 fully saturated rings. The van der Waals surface area contributed by atoms with Gasteiger partial charge in [-0.15, -0.1) is 0 Å². The second-order valence-electron chi connectivity index (χ2n) is 12.6. The van der Waals surface area contributed by atoms with E-state index in [4.69, 9.17) is 39.7 Å². The van der Waals surface area contributed by atoms with Crippen LogP contribution >= 0.6 is 0 Å². The van der Waals surface area contributed by atoms with E-state index >= 15 is 0 Å². The Hall–Kier alpha value is -7.27. The maximum atomic E-state index is 11.1. The first-order chi connectivity index (χ1) is 25.6. The van der Waals surface area contributed by atoms with E-state index in [0.29, 0.717) is 69.2 Å². The number of ether oxygens (including phenoxy) is 1. The molecule has 0 aliphatic carbocycles. The van der Waals surface area contributed by atoms with Gasteiger partial charge in [0, 0.05) is 44.8 Å². The molecule has 3 N–H and O–H groups in total. The van der Waals surface area contributed by atoms with E-state index in [9.17, 15) is 4.79 Å². The Morgan fingerprint density at radius 3 is 1.52 bits per heavy atom. The van der Waals surface area contributed by atoms with Crippen molar-refractivity contribution in [1.29, 1.82) is 0 Å². The predicted molar refractivity (Wildman–Crippen MR) is 199 cm³/mol. The Kier molecular flexibility index (Phi) is 6.65. The summed E-state index contributed by atoms with van der Waals surface area (Å²) in [5.41, 5.74) is 6.68. The third-order valence-corrected chi connectivity index (χ3v) is 9.32. The fraction of sp³-hybridized carbons (Fsp3) is 0.0488. The summed E-state index contributed by atoms with van der Waals surface area (Å²) < 4.78 is 6.49. The van der Waals surface area contributed by atoms with Crippen molar-refractivity contribution in [2.45, 2.75) is 12.8 Å². The molecule has 0 amide bonds. The fourth-order valence-electron chi connectivity index (χ4n) is 6.85. The van der Waals surface area contributed by atoms with Gasteiger partial charge in [0.1, 0.15) is 34.1 Å².